The molecule has 0 aliphatic carbocycles. The fourth-order valence-corrected chi connectivity index (χ4v) is 0.116. The van der Waals surface area contributed by atoms with Crippen molar-refractivity contribution in [3.8, 4) is 0 Å². The van der Waals surface area contributed by atoms with Gasteiger partial charge in [0.1, 0.15) is 0 Å². The quantitative estimate of drug-likeness (QED) is 0.364. The van der Waals surface area contributed by atoms with Crippen molar-refractivity contribution in [2.24, 2.45) is 0 Å². The Balaban J connectivity index is 3.17. The van der Waals surface area contributed by atoms with Gasteiger partial charge >= 0.3 is 6.16 Å². The lowest BCUT2D eigenvalue weighted by molar-refractivity contribution is 0.106. The molecule has 3 heteroatoms. The van der Waals surface area contributed by atoms with Crippen LogP contribution in [0.3, 0.4) is 0 Å². The molecule has 40 valence electrons. The maximum absolute atomic E-state index is 9.90. The van der Waals surface area contributed by atoms with Crippen molar-refractivity contribution in [2.45, 2.75) is 0 Å². The first-order chi connectivity index (χ1) is 3.31. The van der Waals surface area contributed by atoms with Gasteiger partial charge in [-0.15, -0.1) is 0 Å². The third kappa shape index (κ3) is 2.82. The predicted octanol–water partition coefficient (Wildman–Crippen LogP) is 0.913. The molecule has 0 aromatic rings. The molecule has 0 saturated heterocycles. The second-order valence-electron chi connectivity index (χ2n) is 0.739. The van der Waals surface area contributed by atoms with Gasteiger partial charge in [-0.2, -0.15) is 0 Å². The Morgan fingerprint density at radius 2 is 2.43 bits per heavy atom. The van der Waals surface area contributed by atoms with Crippen LogP contribution in [0.25, 0.3) is 0 Å². The van der Waals surface area contributed by atoms with E-state index in [4.69, 9.17) is 0 Å². The highest BCUT2D eigenvalue weighted by Crippen LogP contribution is 1.78. The summed E-state index contributed by atoms with van der Waals surface area (Å²) in [6.45, 7) is 3.13. The molecule has 0 aromatic heterocycles. The van der Waals surface area contributed by atoms with Gasteiger partial charge in [0.2, 0.25) is 0 Å². The minimum Gasteiger partial charge on any atom is -0.437 e. The Kier molecular flexibility index (Phi) is 2.76. The Morgan fingerprint density at radius 1 is 1.86 bits per heavy atom. The fourth-order valence-electron chi connectivity index (χ4n) is 0.116. The largest absolute Gasteiger partial charge is 0.512 e. The summed E-state index contributed by atoms with van der Waals surface area (Å²) in [5.41, 5.74) is 0. The van der Waals surface area contributed by atoms with Crippen LogP contribution in [0.5, 0.6) is 0 Å². The van der Waals surface area contributed by atoms with Crippen LogP contribution in [0, 0.1) is 0 Å². The van der Waals surface area contributed by atoms with E-state index < -0.39 is 6.16 Å². The van der Waals surface area contributed by atoms with Crippen LogP contribution in [-0.4, -0.2) is 13.3 Å². The summed E-state index contributed by atoms with van der Waals surface area (Å²) < 4.78 is 8.15. The van der Waals surface area contributed by atoms with Gasteiger partial charge in [-0.3, -0.25) is 0 Å². The monoisotopic (exact) mass is 102 g/mol. The number of ether oxygens (including phenoxy) is 2. The van der Waals surface area contributed by atoms with Crippen molar-refractivity contribution < 1.29 is 14.3 Å². The molecule has 0 aromatic carbocycles. The molecule has 0 rings (SSSR count). The van der Waals surface area contributed by atoms with E-state index in [9.17, 15) is 4.79 Å². The zero-order valence-electron chi connectivity index (χ0n) is 4.01. The third-order valence-corrected chi connectivity index (χ3v) is 0.346. The number of carbonyl (C=O) groups excluding carboxylic acids is 1. The molecule has 0 saturated carbocycles. The van der Waals surface area contributed by atoms with Crippen molar-refractivity contribution in [2.75, 3.05) is 7.11 Å². The van der Waals surface area contributed by atoms with E-state index in [2.05, 4.69) is 16.1 Å². The van der Waals surface area contributed by atoms with Crippen molar-refractivity contribution in [3.05, 3.63) is 12.8 Å². The molecule has 0 fully saturated rings. The molecule has 0 atom stereocenters. The van der Waals surface area contributed by atoms with Gasteiger partial charge in [-0.05, 0) is 0 Å². The molecule has 0 spiro atoms. The van der Waals surface area contributed by atoms with E-state index in [-0.39, 0.29) is 0 Å². The summed E-state index contributed by atoms with van der Waals surface area (Å²) in [4.78, 5) is 9.90. The van der Waals surface area contributed by atoms with Crippen molar-refractivity contribution in [1.29, 1.82) is 0 Å². The van der Waals surface area contributed by atoms with E-state index in [0.717, 1.165) is 6.26 Å². The molecule has 0 radical (unpaired) electrons. The average Bonchev–Trinajstić information content (AvgIpc) is 1.68. The van der Waals surface area contributed by atoms with E-state index in [1.54, 1.807) is 0 Å². The SMILES string of the molecule is C=COC(=O)OC. The van der Waals surface area contributed by atoms with Gasteiger partial charge in [0.25, 0.3) is 0 Å². The van der Waals surface area contributed by atoms with Crippen molar-refractivity contribution >= 4 is 6.16 Å². The molecule has 0 N–H and O–H groups in total. The summed E-state index contributed by atoms with van der Waals surface area (Å²) >= 11 is 0. The van der Waals surface area contributed by atoms with Gasteiger partial charge < -0.3 is 9.47 Å². The minimum absolute atomic E-state index is 0.741. The van der Waals surface area contributed by atoms with E-state index in [1.165, 1.54) is 7.11 Å². The molecular weight excluding hydrogens is 96.0 g/mol. The van der Waals surface area contributed by atoms with Crippen LogP contribution in [0.4, 0.5) is 4.79 Å². The van der Waals surface area contributed by atoms with Crippen LogP contribution in [-0.2, 0) is 9.47 Å². The Labute approximate surface area is 41.5 Å². The Morgan fingerprint density at radius 3 is 2.57 bits per heavy atom. The standard InChI is InChI=1S/C4H6O3/c1-3-7-4(5)6-2/h3H,1H2,2H3. The highest BCUT2D eigenvalue weighted by molar-refractivity contribution is 5.60. The van der Waals surface area contributed by atoms with Crippen molar-refractivity contribution in [1.82, 2.24) is 0 Å². The zero-order valence-corrected chi connectivity index (χ0v) is 4.01. The molecule has 0 unspecified atom stereocenters. The maximum atomic E-state index is 9.90. The summed E-state index contributed by atoms with van der Waals surface area (Å²) in [6.07, 6.45) is 0.265. The van der Waals surface area contributed by atoms with Gasteiger partial charge in [0.05, 0.1) is 13.4 Å². The molecular formula is C4H6O3. The van der Waals surface area contributed by atoms with Gasteiger partial charge in [-0.1, -0.05) is 6.58 Å². The smallest absolute Gasteiger partial charge is 0.437 e. The van der Waals surface area contributed by atoms with Crippen LogP contribution in [0.1, 0.15) is 0 Å². The minimum atomic E-state index is -0.741. The summed E-state index contributed by atoms with van der Waals surface area (Å²) in [5, 5.41) is 0. The zero-order chi connectivity index (χ0) is 5.70. The van der Waals surface area contributed by atoms with Crippen LogP contribution in [0.2, 0.25) is 0 Å². The molecule has 7 heavy (non-hydrogen) atoms. The van der Waals surface area contributed by atoms with Crippen LogP contribution in [0.15, 0.2) is 12.8 Å². The summed E-state index contributed by atoms with van der Waals surface area (Å²) in [6, 6.07) is 0. The van der Waals surface area contributed by atoms with Crippen LogP contribution >= 0.6 is 0 Å². The lowest BCUT2D eigenvalue weighted by Crippen LogP contribution is -1.96. The number of hydrogen-bond donors (Lipinski definition) is 0. The molecule has 0 heterocycles. The fraction of sp³-hybridized carbons (Fsp3) is 0.250. The summed E-state index contributed by atoms with van der Waals surface area (Å²) in [5.74, 6) is 0. The normalized spacial score (nSPS) is 7.00. The number of rotatable bonds is 1. The van der Waals surface area contributed by atoms with E-state index >= 15 is 0 Å². The van der Waals surface area contributed by atoms with Gasteiger partial charge in [0.15, 0.2) is 0 Å². The molecule has 0 aliphatic rings. The first-order valence-electron chi connectivity index (χ1n) is 1.66. The van der Waals surface area contributed by atoms with E-state index in [1.807, 2.05) is 0 Å². The molecule has 0 aliphatic heterocycles. The second-order valence-corrected chi connectivity index (χ2v) is 0.739. The predicted molar refractivity (Wildman–Crippen MR) is 23.7 cm³/mol. The first-order valence-corrected chi connectivity index (χ1v) is 1.66. The lowest BCUT2D eigenvalue weighted by Gasteiger charge is -1.90. The van der Waals surface area contributed by atoms with E-state index in [0.29, 0.717) is 0 Å². The van der Waals surface area contributed by atoms with Crippen molar-refractivity contribution in [3.63, 3.8) is 0 Å². The topological polar surface area (TPSA) is 35.5 Å². The Bertz CT molecular complexity index is 77.0. The first kappa shape index (κ1) is 6.01. The second kappa shape index (κ2) is 3.21. The number of carbonyl (C=O) groups is 1. The van der Waals surface area contributed by atoms with Gasteiger partial charge in [0, 0.05) is 0 Å². The highest BCUT2D eigenvalue weighted by atomic mass is 16.7. The molecule has 0 bridgehead atoms. The van der Waals surface area contributed by atoms with Gasteiger partial charge in [-0.25, -0.2) is 4.79 Å². The lowest BCUT2D eigenvalue weighted by atomic mass is 11.1. The number of methoxy groups -OCH3 is 1. The maximum Gasteiger partial charge on any atom is 0.512 e. The number of hydrogen-bond acceptors (Lipinski definition) is 3. The third-order valence-electron chi connectivity index (χ3n) is 0.346. The highest BCUT2D eigenvalue weighted by Gasteiger charge is 1.91. The summed E-state index contributed by atoms with van der Waals surface area (Å²) in [7, 11) is 1.23. The molecule has 3 nitrogen and oxygen atoms in total. The van der Waals surface area contributed by atoms with Crippen LogP contribution < -0.4 is 0 Å². The average molecular weight is 102 g/mol. The molecule has 0 amide bonds. The Hall–Kier alpha value is -0.990.